The zero-order valence-electron chi connectivity index (χ0n) is 13.1. The van der Waals surface area contributed by atoms with Crippen molar-refractivity contribution in [2.24, 2.45) is 5.41 Å². The number of carbonyl (C=O) groups excluding carboxylic acids is 1. The van der Waals surface area contributed by atoms with Crippen LogP contribution in [-0.4, -0.2) is 62.1 Å². The van der Waals surface area contributed by atoms with Crippen LogP contribution in [0.2, 0.25) is 0 Å². The van der Waals surface area contributed by atoms with E-state index in [0.717, 1.165) is 39.1 Å². The Hall–Kier alpha value is -1.46. The van der Waals surface area contributed by atoms with E-state index < -0.39 is 0 Å². The van der Waals surface area contributed by atoms with Gasteiger partial charge < -0.3 is 14.5 Å². The van der Waals surface area contributed by atoms with Crippen molar-refractivity contribution in [1.29, 1.82) is 0 Å². The maximum Gasteiger partial charge on any atom is 0.253 e. The third-order valence-electron chi connectivity index (χ3n) is 4.65. The summed E-state index contributed by atoms with van der Waals surface area (Å²) in [5.41, 5.74) is 0.437. The monoisotopic (exact) mass is 306 g/mol. The minimum Gasteiger partial charge on any atom is -0.379 e. The number of benzene rings is 1. The van der Waals surface area contributed by atoms with Crippen molar-refractivity contribution < 1.29 is 13.9 Å². The molecule has 5 heteroatoms. The van der Waals surface area contributed by atoms with Crippen molar-refractivity contribution in [2.75, 3.05) is 46.4 Å². The summed E-state index contributed by atoms with van der Waals surface area (Å²) in [4.78, 5) is 16.8. The highest BCUT2D eigenvalue weighted by Crippen LogP contribution is 2.33. The molecule has 1 aromatic carbocycles. The molecule has 0 unspecified atom stereocenters. The van der Waals surface area contributed by atoms with E-state index in [1.54, 1.807) is 12.1 Å². The number of nitrogens with zero attached hydrogens (tertiary/aromatic N) is 2. The highest BCUT2D eigenvalue weighted by molar-refractivity contribution is 5.94. The van der Waals surface area contributed by atoms with Crippen LogP contribution in [0, 0.1) is 11.2 Å². The van der Waals surface area contributed by atoms with Gasteiger partial charge in [-0.15, -0.1) is 0 Å². The second-order valence-corrected chi connectivity index (χ2v) is 6.63. The number of ether oxygens (including phenoxy) is 1. The van der Waals surface area contributed by atoms with E-state index in [0.29, 0.717) is 18.7 Å². The number of halogens is 1. The van der Waals surface area contributed by atoms with Gasteiger partial charge in [0.15, 0.2) is 0 Å². The molecule has 4 nitrogen and oxygen atoms in total. The first-order valence-corrected chi connectivity index (χ1v) is 7.89. The van der Waals surface area contributed by atoms with E-state index >= 15 is 0 Å². The summed E-state index contributed by atoms with van der Waals surface area (Å²) < 4.78 is 19.1. The first-order valence-electron chi connectivity index (χ1n) is 7.89. The van der Waals surface area contributed by atoms with Gasteiger partial charge in [-0.2, -0.15) is 0 Å². The Kier molecular flexibility index (Phi) is 4.45. The molecule has 0 aliphatic carbocycles. The molecule has 0 N–H and O–H groups in total. The average Bonchev–Trinajstić information content (AvgIpc) is 2.68. The first-order chi connectivity index (χ1) is 10.6. The molecule has 22 heavy (non-hydrogen) atoms. The number of amides is 1. The number of piperidine rings is 1. The molecule has 1 amide bonds. The molecule has 2 aliphatic heterocycles. The lowest BCUT2D eigenvalue weighted by Gasteiger charge is -2.43. The Bertz CT molecular complexity index is 551. The molecule has 2 fully saturated rings. The third kappa shape index (κ3) is 3.31. The lowest BCUT2D eigenvalue weighted by Crippen LogP contribution is -2.51. The minimum absolute atomic E-state index is 0.00643. The van der Waals surface area contributed by atoms with Crippen molar-refractivity contribution in [3.8, 4) is 0 Å². The molecule has 1 atom stereocenters. The molecule has 1 spiro atoms. The number of rotatable bonds is 1. The number of hydrogen-bond acceptors (Lipinski definition) is 3. The van der Waals surface area contributed by atoms with Gasteiger partial charge in [-0.1, -0.05) is 6.07 Å². The second kappa shape index (κ2) is 6.34. The van der Waals surface area contributed by atoms with Crippen LogP contribution >= 0.6 is 0 Å². The summed E-state index contributed by atoms with van der Waals surface area (Å²) in [6.07, 6.45) is 2.04. The summed E-state index contributed by atoms with van der Waals surface area (Å²) in [6.45, 7) is 4.74. The summed E-state index contributed by atoms with van der Waals surface area (Å²) >= 11 is 0. The molecular formula is C17H23FN2O2. The molecule has 120 valence electrons. The second-order valence-electron chi connectivity index (χ2n) is 6.63. The van der Waals surface area contributed by atoms with E-state index in [1.807, 2.05) is 4.90 Å². The van der Waals surface area contributed by atoms with Crippen LogP contribution in [0.4, 0.5) is 4.39 Å². The Morgan fingerprint density at radius 3 is 3.00 bits per heavy atom. The van der Waals surface area contributed by atoms with Gasteiger partial charge in [-0.3, -0.25) is 4.79 Å². The zero-order valence-corrected chi connectivity index (χ0v) is 13.1. The van der Waals surface area contributed by atoms with E-state index in [-0.39, 0.29) is 17.1 Å². The van der Waals surface area contributed by atoms with Crippen LogP contribution in [0.1, 0.15) is 23.2 Å². The molecule has 0 aromatic heterocycles. The van der Waals surface area contributed by atoms with Crippen molar-refractivity contribution in [2.45, 2.75) is 12.8 Å². The van der Waals surface area contributed by atoms with Crippen LogP contribution in [0.15, 0.2) is 24.3 Å². The smallest absolute Gasteiger partial charge is 0.253 e. The molecular weight excluding hydrogens is 283 g/mol. The molecule has 0 saturated carbocycles. The van der Waals surface area contributed by atoms with E-state index in [1.165, 1.54) is 12.1 Å². The standard InChI is InChI=1S/C17H23FN2O2/c1-19-8-9-22-13-17(11-19)6-3-7-20(12-17)16(21)14-4-2-5-15(18)10-14/h2,4-5,10H,3,6-9,11-13H2,1H3/t17-/m0/s1. The molecule has 2 aliphatic rings. The molecule has 3 rings (SSSR count). The van der Waals surface area contributed by atoms with Gasteiger partial charge in [-0.05, 0) is 38.1 Å². The van der Waals surface area contributed by atoms with Gasteiger partial charge in [0, 0.05) is 37.2 Å². The fourth-order valence-corrected chi connectivity index (χ4v) is 3.64. The van der Waals surface area contributed by atoms with Gasteiger partial charge in [-0.25, -0.2) is 4.39 Å². The quantitative estimate of drug-likeness (QED) is 0.796. The molecule has 0 radical (unpaired) electrons. The minimum atomic E-state index is -0.366. The fourth-order valence-electron chi connectivity index (χ4n) is 3.64. The zero-order chi connectivity index (χ0) is 15.6. The highest BCUT2D eigenvalue weighted by atomic mass is 19.1. The van der Waals surface area contributed by atoms with E-state index in [4.69, 9.17) is 4.74 Å². The van der Waals surface area contributed by atoms with Crippen LogP contribution in [0.5, 0.6) is 0 Å². The van der Waals surface area contributed by atoms with E-state index in [9.17, 15) is 9.18 Å². The molecule has 1 aromatic rings. The maximum absolute atomic E-state index is 13.4. The topological polar surface area (TPSA) is 32.8 Å². The summed E-state index contributed by atoms with van der Waals surface area (Å²) in [7, 11) is 2.10. The molecule has 0 bridgehead atoms. The average molecular weight is 306 g/mol. The van der Waals surface area contributed by atoms with Crippen molar-refractivity contribution in [1.82, 2.24) is 9.80 Å². The predicted octanol–water partition coefficient (Wildman–Crippen LogP) is 2.01. The number of likely N-dealkylation sites (N-methyl/N-ethyl adjacent to an activating group) is 1. The van der Waals surface area contributed by atoms with Crippen molar-refractivity contribution >= 4 is 5.91 Å². The Morgan fingerprint density at radius 2 is 2.18 bits per heavy atom. The van der Waals surface area contributed by atoms with Gasteiger partial charge in [0.05, 0.1) is 13.2 Å². The van der Waals surface area contributed by atoms with Gasteiger partial charge in [0.25, 0.3) is 5.91 Å². The molecule has 2 heterocycles. The lowest BCUT2D eigenvalue weighted by molar-refractivity contribution is 0.00859. The largest absolute Gasteiger partial charge is 0.379 e. The maximum atomic E-state index is 13.4. The van der Waals surface area contributed by atoms with E-state index in [2.05, 4.69) is 11.9 Å². The van der Waals surface area contributed by atoms with Crippen LogP contribution in [-0.2, 0) is 4.74 Å². The van der Waals surface area contributed by atoms with Crippen LogP contribution in [0.25, 0.3) is 0 Å². The lowest BCUT2D eigenvalue weighted by atomic mass is 9.80. The third-order valence-corrected chi connectivity index (χ3v) is 4.65. The van der Waals surface area contributed by atoms with Gasteiger partial charge in [0.1, 0.15) is 5.82 Å². The van der Waals surface area contributed by atoms with Crippen LogP contribution in [0.3, 0.4) is 0 Å². The Labute approximate surface area is 130 Å². The van der Waals surface area contributed by atoms with Gasteiger partial charge >= 0.3 is 0 Å². The predicted molar refractivity (Wildman–Crippen MR) is 82.3 cm³/mol. The fraction of sp³-hybridized carbons (Fsp3) is 0.588. The number of hydrogen-bond donors (Lipinski definition) is 0. The van der Waals surface area contributed by atoms with Crippen molar-refractivity contribution in [3.05, 3.63) is 35.6 Å². The normalized spacial score (nSPS) is 26.9. The Morgan fingerprint density at radius 1 is 1.32 bits per heavy atom. The van der Waals surface area contributed by atoms with Crippen molar-refractivity contribution in [3.63, 3.8) is 0 Å². The summed E-state index contributed by atoms with van der Waals surface area (Å²) in [6, 6.07) is 5.95. The first kappa shape index (κ1) is 15.4. The highest BCUT2D eigenvalue weighted by Gasteiger charge is 2.39. The Balaban J connectivity index is 1.76. The summed E-state index contributed by atoms with van der Waals surface area (Å²) in [5.74, 6) is -0.444. The molecule has 2 saturated heterocycles. The van der Waals surface area contributed by atoms with Crippen LogP contribution < -0.4 is 0 Å². The summed E-state index contributed by atoms with van der Waals surface area (Å²) in [5, 5.41) is 0. The SMILES string of the molecule is CN1CCOC[C@@]2(CCCN(C(=O)c3cccc(F)c3)C2)C1. The number of likely N-dealkylation sites (tertiary alicyclic amines) is 1. The van der Waals surface area contributed by atoms with Gasteiger partial charge in [0.2, 0.25) is 0 Å². The number of carbonyl (C=O) groups is 1.